The Kier molecular flexibility index (Phi) is 11.1. The fourth-order valence-electron chi connectivity index (χ4n) is 4.62. The van der Waals surface area contributed by atoms with Gasteiger partial charge in [0.15, 0.2) is 0 Å². The zero-order chi connectivity index (χ0) is 34.1. The number of alkyl halides is 5. The van der Waals surface area contributed by atoms with E-state index in [0.29, 0.717) is 29.8 Å². The summed E-state index contributed by atoms with van der Waals surface area (Å²) in [6.45, 7) is 3.79. The lowest BCUT2D eigenvalue weighted by Gasteiger charge is -2.29. The van der Waals surface area contributed by atoms with Crippen LogP contribution in [0.5, 0.6) is 11.5 Å². The first-order valence-corrected chi connectivity index (χ1v) is 14.5. The lowest BCUT2D eigenvalue weighted by atomic mass is 9.79. The predicted molar refractivity (Wildman–Crippen MR) is 170 cm³/mol. The van der Waals surface area contributed by atoms with Gasteiger partial charge < -0.3 is 25.7 Å². The van der Waals surface area contributed by atoms with Crippen molar-refractivity contribution in [2.75, 3.05) is 24.7 Å². The van der Waals surface area contributed by atoms with Crippen molar-refractivity contribution in [1.82, 2.24) is 0 Å². The molecule has 11 heteroatoms. The van der Waals surface area contributed by atoms with E-state index in [1.807, 2.05) is 24.3 Å². The maximum absolute atomic E-state index is 14.7. The molecule has 1 radical (unpaired) electrons. The normalized spacial score (nSPS) is 12.2. The predicted octanol–water partition coefficient (Wildman–Crippen LogP) is 8.17. The molecule has 4 N–H and O–H groups in total. The van der Waals surface area contributed by atoms with Gasteiger partial charge in [-0.15, -0.1) is 0 Å². The highest BCUT2D eigenvalue weighted by atomic mass is 19.4. The Morgan fingerprint density at radius 1 is 0.723 bits per heavy atom. The Labute approximate surface area is 269 Å². The van der Waals surface area contributed by atoms with E-state index < -0.39 is 42.3 Å². The topological polar surface area (TPSA) is 96.8 Å². The Morgan fingerprint density at radius 3 is 1.74 bits per heavy atom. The SMILES string of the molecule is [CH2]C(COC(=O)/C=C/c1ccc(OC(F)(F)c2ccc(OCCC(F)(F)F)cc2)cc1)(Cc1ccc(N)cc1)Cc1ccc(N)cc1. The minimum atomic E-state index is -4.38. The van der Waals surface area contributed by atoms with Crippen molar-refractivity contribution in [1.29, 1.82) is 0 Å². The minimum absolute atomic E-state index is 0.0213. The maximum Gasteiger partial charge on any atom is 0.426 e. The lowest BCUT2D eigenvalue weighted by Crippen LogP contribution is -2.30. The molecule has 4 rings (SSSR count). The van der Waals surface area contributed by atoms with E-state index in [9.17, 15) is 26.7 Å². The molecule has 0 saturated carbocycles. The minimum Gasteiger partial charge on any atom is -0.493 e. The number of carbonyl (C=O) groups is 1. The van der Waals surface area contributed by atoms with E-state index in [1.54, 1.807) is 24.3 Å². The Balaban J connectivity index is 1.32. The summed E-state index contributed by atoms with van der Waals surface area (Å²) >= 11 is 0. The smallest absolute Gasteiger partial charge is 0.426 e. The van der Waals surface area contributed by atoms with Gasteiger partial charge in [0.05, 0.1) is 25.2 Å². The van der Waals surface area contributed by atoms with Crippen molar-refractivity contribution in [3.8, 4) is 11.5 Å². The number of carbonyl (C=O) groups excluding carboxylic acids is 1. The summed E-state index contributed by atoms with van der Waals surface area (Å²) in [6.07, 6.45) is -5.53. The largest absolute Gasteiger partial charge is 0.493 e. The molecule has 6 nitrogen and oxygen atoms in total. The van der Waals surface area contributed by atoms with Gasteiger partial charge in [-0.25, -0.2) is 4.79 Å². The van der Waals surface area contributed by atoms with Crippen LogP contribution in [0.25, 0.3) is 6.08 Å². The molecule has 0 aliphatic carbocycles. The number of anilines is 2. The Morgan fingerprint density at radius 2 is 1.23 bits per heavy atom. The number of halogens is 5. The van der Waals surface area contributed by atoms with Crippen LogP contribution in [0, 0.1) is 12.3 Å². The van der Waals surface area contributed by atoms with Gasteiger partial charge in [0.1, 0.15) is 11.5 Å². The van der Waals surface area contributed by atoms with Crippen molar-refractivity contribution in [2.24, 2.45) is 5.41 Å². The van der Waals surface area contributed by atoms with Crippen LogP contribution in [-0.2, 0) is 28.5 Å². The molecule has 0 aromatic heterocycles. The molecule has 0 aliphatic heterocycles. The number of ether oxygens (including phenoxy) is 3. The summed E-state index contributed by atoms with van der Waals surface area (Å²) in [7, 11) is 0. The highest BCUT2D eigenvalue weighted by molar-refractivity contribution is 5.87. The van der Waals surface area contributed by atoms with Crippen molar-refractivity contribution < 1.29 is 41.0 Å². The van der Waals surface area contributed by atoms with E-state index in [-0.39, 0.29) is 18.1 Å². The summed E-state index contributed by atoms with van der Waals surface area (Å²) in [5.74, 6) is -0.731. The fourth-order valence-corrected chi connectivity index (χ4v) is 4.62. The Hall–Kier alpha value is -5.06. The number of esters is 1. The molecule has 0 amide bonds. The van der Waals surface area contributed by atoms with E-state index in [2.05, 4.69) is 6.92 Å². The Bertz CT molecular complexity index is 1570. The van der Waals surface area contributed by atoms with E-state index >= 15 is 0 Å². The zero-order valence-electron chi connectivity index (χ0n) is 25.3. The highest BCUT2D eigenvalue weighted by Crippen LogP contribution is 2.33. The van der Waals surface area contributed by atoms with Crippen LogP contribution < -0.4 is 20.9 Å². The van der Waals surface area contributed by atoms with Gasteiger partial charge in [0.25, 0.3) is 0 Å². The molecular weight excluding hydrogens is 619 g/mol. The van der Waals surface area contributed by atoms with E-state index in [4.69, 9.17) is 25.7 Å². The molecule has 0 atom stereocenters. The maximum atomic E-state index is 14.7. The summed E-state index contributed by atoms with van der Waals surface area (Å²) in [5.41, 5.74) is 14.2. The number of nitrogen functional groups attached to an aromatic ring is 2. The second-order valence-corrected chi connectivity index (χ2v) is 11.2. The summed E-state index contributed by atoms with van der Waals surface area (Å²) in [6, 6.07) is 24.7. The van der Waals surface area contributed by atoms with Gasteiger partial charge in [-0.05, 0) is 103 Å². The van der Waals surface area contributed by atoms with E-state index in [0.717, 1.165) is 35.4 Å². The first-order valence-electron chi connectivity index (χ1n) is 14.5. The number of hydrogen-bond acceptors (Lipinski definition) is 6. The third-order valence-corrected chi connectivity index (χ3v) is 7.02. The van der Waals surface area contributed by atoms with Crippen molar-refractivity contribution in [3.05, 3.63) is 132 Å². The van der Waals surface area contributed by atoms with Crippen LogP contribution in [0.2, 0.25) is 0 Å². The molecule has 0 bridgehead atoms. The van der Waals surface area contributed by atoms with Crippen molar-refractivity contribution in [3.63, 3.8) is 0 Å². The van der Waals surface area contributed by atoms with Crippen LogP contribution in [0.1, 0.15) is 28.7 Å². The van der Waals surface area contributed by atoms with Gasteiger partial charge in [-0.3, -0.25) is 0 Å². The molecular formula is C36H34F5N2O4. The lowest BCUT2D eigenvalue weighted by molar-refractivity contribution is -0.185. The van der Waals surface area contributed by atoms with Crippen LogP contribution in [0.4, 0.5) is 33.3 Å². The molecule has 0 unspecified atom stereocenters. The van der Waals surface area contributed by atoms with Gasteiger partial charge in [-0.2, -0.15) is 22.0 Å². The molecule has 4 aromatic rings. The zero-order valence-corrected chi connectivity index (χ0v) is 25.3. The average molecular weight is 654 g/mol. The van der Waals surface area contributed by atoms with Crippen LogP contribution in [-0.4, -0.2) is 25.4 Å². The summed E-state index contributed by atoms with van der Waals surface area (Å²) in [5, 5.41) is 0. The molecule has 247 valence electrons. The molecule has 0 saturated heterocycles. The number of hydrogen-bond donors (Lipinski definition) is 2. The second kappa shape index (κ2) is 15.0. The summed E-state index contributed by atoms with van der Waals surface area (Å²) < 4.78 is 81.7. The number of benzene rings is 4. The van der Waals surface area contributed by atoms with E-state index in [1.165, 1.54) is 36.4 Å². The van der Waals surface area contributed by atoms with Crippen LogP contribution in [0.15, 0.2) is 103 Å². The molecule has 4 aromatic carbocycles. The quantitative estimate of drug-likeness (QED) is 0.0617. The fraction of sp³-hybridized carbons (Fsp3) is 0.222. The average Bonchev–Trinajstić information content (AvgIpc) is 3.01. The monoisotopic (exact) mass is 653 g/mol. The molecule has 0 aliphatic rings. The number of rotatable bonds is 14. The van der Waals surface area contributed by atoms with Crippen molar-refractivity contribution in [2.45, 2.75) is 31.5 Å². The van der Waals surface area contributed by atoms with Gasteiger partial charge >= 0.3 is 18.3 Å². The number of nitrogens with two attached hydrogens (primary N) is 2. The third-order valence-electron chi connectivity index (χ3n) is 7.02. The highest BCUT2D eigenvalue weighted by Gasteiger charge is 2.34. The first-order chi connectivity index (χ1) is 22.2. The molecule has 0 heterocycles. The van der Waals surface area contributed by atoms with Crippen molar-refractivity contribution >= 4 is 23.4 Å². The standard InChI is InChI=1S/C36H34F5N2O4/c1-34(22-26-2-11-29(42)12-3-26,23-27-4-13-30(43)14-5-27)24-46-33(44)19-8-25-6-15-32(16-7-25)47-36(40,41)28-9-17-31(18-10-28)45-21-20-35(37,38)39/h2-19H,1,20-24,42-43H2/b19-8+. The third kappa shape index (κ3) is 11.4. The van der Waals surface area contributed by atoms with Crippen LogP contribution >= 0.6 is 0 Å². The molecule has 0 spiro atoms. The first kappa shape index (κ1) is 34.8. The molecule has 47 heavy (non-hydrogen) atoms. The van der Waals surface area contributed by atoms with Gasteiger partial charge in [0.2, 0.25) is 0 Å². The summed E-state index contributed by atoms with van der Waals surface area (Å²) in [4.78, 5) is 12.6. The van der Waals surface area contributed by atoms with Gasteiger partial charge in [0, 0.05) is 22.9 Å². The second-order valence-electron chi connectivity index (χ2n) is 11.2. The molecule has 0 fully saturated rings. The van der Waals surface area contributed by atoms with Crippen LogP contribution in [0.3, 0.4) is 0 Å². The van der Waals surface area contributed by atoms with Gasteiger partial charge in [-0.1, -0.05) is 36.4 Å².